The molecule has 2 heterocycles. The number of nitrogens with one attached hydrogen (secondary N) is 1. The molecule has 1 aromatic heterocycles. The Morgan fingerprint density at radius 2 is 2.09 bits per heavy atom. The van der Waals surface area contributed by atoms with Crippen LogP contribution in [0.2, 0.25) is 0 Å². The van der Waals surface area contributed by atoms with Gasteiger partial charge in [-0.15, -0.1) is 0 Å². The Morgan fingerprint density at radius 3 is 2.78 bits per heavy atom. The highest BCUT2D eigenvalue weighted by atomic mass is 32.1. The van der Waals surface area contributed by atoms with Crippen LogP contribution in [0.5, 0.6) is 0 Å². The summed E-state index contributed by atoms with van der Waals surface area (Å²) in [7, 11) is 2.15. The van der Waals surface area contributed by atoms with Crippen LogP contribution < -0.4 is 5.32 Å². The van der Waals surface area contributed by atoms with E-state index in [-0.39, 0.29) is 5.91 Å². The fourth-order valence-electron chi connectivity index (χ4n) is 2.59. The molecular formula is C16H21N5OS. The average Bonchev–Trinajstić information content (AvgIpc) is 2.95. The Balaban J connectivity index is 1.63. The molecule has 6 nitrogen and oxygen atoms in total. The fourth-order valence-corrected chi connectivity index (χ4v) is 3.16. The molecule has 0 unspecified atom stereocenters. The van der Waals surface area contributed by atoms with E-state index in [1.807, 2.05) is 25.1 Å². The van der Waals surface area contributed by atoms with Gasteiger partial charge in [-0.3, -0.25) is 15.0 Å². The number of carbonyl (C=O) groups excluding carboxylic acids is 1. The summed E-state index contributed by atoms with van der Waals surface area (Å²) in [5, 5.41) is 3.34. The standard InChI is InChI=1S/C16H21N5OS/c1-12-17-16(23-19-12)18-15(22)14-5-3-4-13(10-14)11-21-8-6-20(2)7-9-21/h3-5,10H,6-9,11H2,1-2H3,(H,17,18,19,22). The van der Waals surface area contributed by atoms with Crippen LogP contribution in [-0.2, 0) is 6.54 Å². The highest BCUT2D eigenvalue weighted by Crippen LogP contribution is 2.14. The number of hydrogen-bond acceptors (Lipinski definition) is 6. The SMILES string of the molecule is Cc1nsc(NC(=O)c2cccc(CN3CCN(C)CC3)c2)n1. The highest BCUT2D eigenvalue weighted by Gasteiger charge is 2.15. The van der Waals surface area contributed by atoms with Crippen molar-refractivity contribution in [3.8, 4) is 0 Å². The van der Waals surface area contributed by atoms with Crippen LogP contribution in [0.1, 0.15) is 21.7 Å². The molecule has 1 aromatic carbocycles. The van der Waals surface area contributed by atoms with E-state index in [9.17, 15) is 4.79 Å². The topological polar surface area (TPSA) is 61.4 Å². The monoisotopic (exact) mass is 331 g/mol. The van der Waals surface area contributed by atoms with Crippen LogP contribution in [0.15, 0.2) is 24.3 Å². The molecule has 0 atom stereocenters. The fraction of sp³-hybridized carbons (Fsp3) is 0.438. The maximum absolute atomic E-state index is 12.3. The minimum Gasteiger partial charge on any atom is -0.304 e. The van der Waals surface area contributed by atoms with E-state index in [0.717, 1.165) is 38.3 Å². The molecule has 0 bridgehead atoms. The zero-order chi connectivity index (χ0) is 16.2. The van der Waals surface area contributed by atoms with Gasteiger partial charge in [0.05, 0.1) is 0 Å². The minimum atomic E-state index is -0.138. The molecule has 0 spiro atoms. The number of anilines is 1. The minimum absolute atomic E-state index is 0.138. The Hall–Kier alpha value is -1.83. The lowest BCUT2D eigenvalue weighted by molar-refractivity contribution is 0.102. The van der Waals surface area contributed by atoms with Gasteiger partial charge < -0.3 is 4.90 Å². The van der Waals surface area contributed by atoms with Gasteiger partial charge in [-0.2, -0.15) is 4.37 Å². The molecule has 1 amide bonds. The van der Waals surface area contributed by atoms with Crippen LogP contribution in [-0.4, -0.2) is 58.3 Å². The molecule has 1 aliphatic heterocycles. The van der Waals surface area contributed by atoms with Crippen molar-refractivity contribution in [3.05, 3.63) is 41.2 Å². The second-order valence-corrected chi connectivity index (χ2v) is 6.63. The molecule has 1 fully saturated rings. The molecule has 0 aliphatic carbocycles. The number of aryl methyl sites for hydroxylation is 1. The van der Waals surface area contributed by atoms with Gasteiger partial charge in [0.25, 0.3) is 5.91 Å². The van der Waals surface area contributed by atoms with Crippen LogP contribution in [0.4, 0.5) is 5.13 Å². The molecule has 3 rings (SSSR count). The first-order chi connectivity index (χ1) is 11.1. The molecule has 0 saturated carbocycles. The first-order valence-electron chi connectivity index (χ1n) is 7.71. The van der Waals surface area contributed by atoms with E-state index in [1.54, 1.807) is 0 Å². The summed E-state index contributed by atoms with van der Waals surface area (Å²) in [4.78, 5) is 21.2. The average molecular weight is 331 g/mol. The van der Waals surface area contributed by atoms with E-state index >= 15 is 0 Å². The van der Waals surface area contributed by atoms with Crippen molar-refractivity contribution in [2.45, 2.75) is 13.5 Å². The van der Waals surface area contributed by atoms with Crippen molar-refractivity contribution in [2.75, 3.05) is 38.5 Å². The van der Waals surface area contributed by atoms with Crippen LogP contribution in [0.25, 0.3) is 0 Å². The van der Waals surface area contributed by atoms with Crippen LogP contribution in [0, 0.1) is 6.92 Å². The zero-order valence-electron chi connectivity index (χ0n) is 13.5. The van der Waals surface area contributed by atoms with E-state index in [4.69, 9.17) is 0 Å². The smallest absolute Gasteiger partial charge is 0.257 e. The maximum atomic E-state index is 12.3. The maximum Gasteiger partial charge on any atom is 0.257 e. The van der Waals surface area contributed by atoms with Crippen molar-refractivity contribution >= 4 is 22.6 Å². The second-order valence-electron chi connectivity index (χ2n) is 5.88. The third-order valence-electron chi connectivity index (χ3n) is 3.94. The molecular weight excluding hydrogens is 310 g/mol. The number of rotatable bonds is 4. The van der Waals surface area contributed by atoms with Crippen LogP contribution in [0.3, 0.4) is 0 Å². The highest BCUT2D eigenvalue weighted by molar-refractivity contribution is 7.09. The molecule has 1 aliphatic rings. The van der Waals surface area contributed by atoms with E-state index in [2.05, 4.69) is 37.6 Å². The molecule has 23 heavy (non-hydrogen) atoms. The number of hydrogen-bond donors (Lipinski definition) is 1. The lowest BCUT2D eigenvalue weighted by Gasteiger charge is -2.32. The summed E-state index contributed by atoms with van der Waals surface area (Å²) in [6, 6.07) is 7.80. The summed E-state index contributed by atoms with van der Waals surface area (Å²) < 4.78 is 4.07. The lowest BCUT2D eigenvalue weighted by Crippen LogP contribution is -2.43. The van der Waals surface area contributed by atoms with Gasteiger partial charge in [0.15, 0.2) is 0 Å². The van der Waals surface area contributed by atoms with Gasteiger partial charge in [-0.1, -0.05) is 12.1 Å². The number of nitrogens with zero attached hydrogens (tertiary/aromatic N) is 4. The second kappa shape index (κ2) is 7.16. The predicted molar refractivity (Wildman–Crippen MR) is 91.8 cm³/mol. The van der Waals surface area contributed by atoms with Gasteiger partial charge in [0.2, 0.25) is 5.13 Å². The Bertz CT molecular complexity index is 679. The lowest BCUT2D eigenvalue weighted by atomic mass is 10.1. The summed E-state index contributed by atoms with van der Waals surface area (Å²) in [5.74, 6) is 0.537. The Kier molecular flexibility index (Phi) is 5.00. The summed E-state index contributed by atoms with van der Waals surface area (Å²) in [6.45, 7) is 7.01. The zero-order valence-corrected chi connectivity index (χ0v) is 14.3. The summed E-state index contributed by atoms with van der Waals surface area (Å²) in [6.07, 6.45) is 0. The van der Waals surface area contributed by atoms with Crippen molar-refractivity contribution in [1.82, 2.24) is 19.2 Å². The predicted octanol–water partition coefficient (Wildman–Crippen LogP) is 1.85. The molecule has 1 N–H and O–H groups in total. The van der Waals surface area contributed by atoms with Crippen molar-refractivity contribution in [3.63, 3.8) is 0 Å². The van der Waals surface area contributed by atoms with E-state index in [1.165, 1.54) is 11.5 Å². The Labute approximate surface area is 140 Å². The van der Waals surface area contributed by atoms with Crippen molar-refractivity contribution in [1.29, 1.82) is 0 Å². The van der Waals surface area contributed by atoms with E-state index in [0.29, 0.717) is 16.5 Å². The largest absolute Gasteiger partial charge is 0.304 e. The van der Waals surface area contributed by atoms with E-state index < -0.39 is 0 Å². The number of aromatic nitrogens is 2. The third-order valence-corrected chi connectivity index (χ3v) is 4.66. The first kappa shape index (κ1) is 16.0. The Morgan fingerprint density at radius 1 is 1.30 bits per heavy atom. The number of piperazine rings is 1. The summed E-state index contributed by atoms with van der Waals surface area (Å²) in [5.41, 5.74) is 1.82. The number of amides is 1. The van der Waals surface area contributed by atoms with Crippen LogP contribution >= 0.6 is 11.5 Å². The molecule has 122 valence electrons. The molecule has 7 heteroatoms. The van der Waals surface area contributed by atoms with Gasteiger partial charge in [-0.05, 0) is 31.7 Å². The van der Waals surface area contributed by atoms with Crippen molar-refractivity contribution < 1.29 is 4.79 Å². The quantitative estimate of drug-likeness (QED) is 0.926. The summed E-state index contributed by atoms with van der Waals surface area (Å²) >= 11 is 1.20. The van der Waals surface area contributed by atoms with Gasteiger partial charge in [-0.25, -0.2) is 4.98 Å². The molecule has 1 saturated heterocycles. The third kappa shape index (κ3) is 4.34. The normalized spacial score (nSPS) is 16.4. The molecule has 2 aromatic rings. The number of carbonyl (C=O) groups is 1. The number of benzene rings is 1. The van der Waals surface area contributed by atoms with Crippen molar-refractivity contribution in [2.24, 2.45) is 0 Å². The van der Waals surface area contributed by atoms with Gasteiger partial charge in [0, 0.05) is 49.8 Å². The van der Waals surface area contributed by atoms with Gasteiger partial charge >= 0.3 is 0 Å². The first-order valence-corrected chi connectivity index (χ1v) is 8.49. The molecule has 0 radical (unpaired) electrons. The van der Waals surface area contributed by atoms with Gasteiger partial charge in [0.1, 0.15) is 5.82 Å². The number of likely N-dealkylation sites (N-methyl/N-ethyl adjacent to an activating group) is 1.